The molecule has 0 spiro atoms. The molecule has 0 aromatic carbocycles. The first kappa shape index (κ1) is 7.18. The summed E-state index contributed by atoms with van der Waals surface area (Å²) >= 11 is -1.10. The lowest BCUT2D eigenvalue weighted by Gasteiger charge is -2.02. The van der Waals surface area contributed by atoms with E-state index in [-0.39, 0.29) is 6.23 Å². The highest BCUT2D eigenvalue weighted by molar-refractivity contribution is 7.79. The van der Waals surface area contributed by atoms with Crippen molar-refractivity contribution in [2.75, 3.05) is 26.9 Å². The lowest BCUT2D eigenvalue weighted by atomic mass is 10.9. The predicted octanol–water partition coefficient (Wildman–Crippen LogP) is -0.287. The molecular weight excluding hydrogens is 138 g/mol. The van der Waals surface area contributed by atoms with Crippen molar-refractivity contribution in [2.24, 2.45) is 0 Å². The molecule has 0 saturated carbocycles. The largest absolute Gasteiger partial charge is 0.290 e. The van der Waals surface area contributed by atoms with Gasteiger partial charge in [-0.15, -0.1) is 0 Å². The molecule has 1 aliphatic rings. The maximum atomic E-state index is 10.5. The topological polar surface area (TPSA) is 26.3 Å². The molecule has 54 valence electrons. The maximum absolute atomic E-state index is 10.5. The Hall–Kier alpha value is 0.0700. The van der Waals surface area contributed by atoms with E-state index in [1.165, 1.54) is 0 Å². The van der Waals surface area contributed by atoms with Crippen molar-refractivity contribution in [1.29, 1.82) is 0 Å². The molecule has 0 aromatic rings. The lowest BCUT2D eigenvalue weighted by molar-refractivity contribution is -0.781. The van der Waals surface area contributed by atoms with Crippen molar-refractivity contribution in [3.8, 4) is 0 Å². The van der Waals surface area contributed by atoms with Crippen molar-refractivity contribution in [3.63, 3.8) is 0 Å². The van der Waals surface area contributed by atoms with Crippen LogP contribution >= 0.6 is 0 Å². The molecule has 1 fully saturated rings. The molecule has 0 amide bonds. The second-order valence-corrected chi connectivity index (χ2v) is 3.91. The summed E-state index contributed by atoms with van der Waals surface area (Å²) < 4.78 is 16.3. The van der Waals surface area contributed by atoms with Gasteiger partial charge in [-0.05, 0) is 0 Å². The maximum Gasteiger partial charge on any atom is 0.257 e. The molecule has 3 nitrogen and oxygen atoms in total. The van der Waals surface area contributed by atoms with Gasteiger partial charge in [0.15, 0.2) is 17.6 Å². The van der Waals surface area contributed by atoms with Gasteiger partial charge < -0.3 is 0 Å². The Balaban J connectivity index is 2.28. The van der Waals surface area contributed by atoms with Gasteiger partial charge in [0.2, 0.25) is 0 Å². The fourth-order valence-electron chi connectivity index (χ4n) is 0.659. The second-order valence-electron chi connectivity index (χ2n) is 2.91. The standard InChI is InChI=1S/C5H12NO2S/c1-6(2)4-5(6)8-9(3)7/h5H,4H2,1-3H3/q+1. The molecule has 4 heteroatoms. The van der Waals surface area contributed by atoms with Crippen LogP contribution < -0.4 is 0 Å². The van der Waals surface area contributed by atoms with E-state index in [9.17, 15) is 4.21 Å². The first-order valence-electron chi connectivity index (χ1n) is 2.85. The van der Waals surface area contributed by atoms with E-state index in [4.69, 9.17) is 4.18 Å². The van der Waals surface area contributed by atoms with Crippen LogP contribution in [0.25, 0.3) is 0 Å². The summed E-state index contributed by atoms with van der Waals surface area (Å²) in [7, 11) is 4.11. The third kappa shape index (κ3) is 1.74. The fraction of sp³-hybridized carbons (Fsp3) is 1.00. The zero-order valence-electron chi connectivity index (χ0n) is 5.96. The Morgan fingerprint density at radius 1 is 1.67 bits per heavy atom. The zero-order chi connectivity index (χ0) is 7.07. The van der Waals surface area contributed by atoms with E-state index in [1.807, 2.05) is 0 Å². The zero-order valence-corrected chi connectivity index (χ0v) is 6.77. The molecule has 0 aliphatic carbocycles. The minimum Gasteiger partial charge on any atom is -0.290 e. The van der Waals surface area contributed by atoms with Crippen molar-refractivity contribution < 1.29 is 12.9 Å². The highest BCUT2D eigenvalue weighted by Crippen LogP contribution is 2.25. The van der Waals surface area contributed by atoms with Crippen LogP contribution in [0.2, 0.25) is 0 Å². The van der Waals surface area contributed by atoms with Gasteiger partial charge in [-0.3, -0.25) is 4.48 Å². The summed E-state index contributed by atoms with van der Waals surface area (Å²) in [5.74, 6) is 0. The van der Waals surface area contributed by atoms with E-state index >= 15 is 0 Å². The van der Waals surface area contributed by atoms with Gasteiger partial charge in [0.25, 0.3) is 6.23 Å². The van der Waals surface area contributed by atoms with E-state index in [0.717, 1.165) is 11.0 Å². The summed E-state index contributed by atoms with van der Waals surface area (Å²) in [5.41, 5.74) is 0. The minimum absolute atomic E-state index is 0.177. The Morgan fingerprint density at radius 3 is 2.22 bits per heavy atom. The van der Waals surface area contributed by atoms with Crippen molar-refractivity contribution in [2.45, 2.75) is 6.23 Å². The third-order valence-electron chi connectivity index (χ3n) is 1.52. The Kier molecular flexibility index (Phi) is 1.63. The van der Waals surface area contributed by atoms with Crippen LogP contribution in [0.15, 0.2) is 0 Å². The smallest absolute Gasteiger partial charge is 0.257 e. The molecule has 1 heterocycles. The molecule has 0 aromatic heterocycles. The van der Waals surface area contributed by atoms with Crippen LogP contribution in [-0.2, 0) is 15.3 Å². The van der Waals surface area contributed by atoms with Crippen LogP contribution in [0.5, 0.6) is 0 Å². The molecule has 0 radical (unpaired) electrons. The first-order chi connectivity index (χ1) is 4.02. The van der Waals surface area contributed by atoms with Gasteiger partial charge in [-0.25, -0.2) is 8.39 Å². The molecule has 2 unspecified atom stereocenters. The molecule has 9 heavy (non-hydrogen) atoms. The number of nitrogens with zero attached hydrogens (tertiary/aromatic N) is 1. The van der Waals surface area contributed by atoms with E-state index < -0.39 is 11.1 Å². The summed E-state index contributed by atoms with van der Waals surface area (Å²) in [4.78, 5) is 0. The normalized spacial score (nSPS) is 33.9. The van der Waals surface area contributed by atoms with Gasteiger partial charge >= 0.3 is 0 Å². The van der Waals surface area contributed by atoms with Crippen LogP contribution in [0.3, 0.4) is 0 Å². The highest BCUT2D eigenvalue weighted by Gasteiger charge is 2.49. The third-order valence-corrected chi connectivity index (χ3v) is 2.01. The Bertz CT molecular complexity index is 146. The molecule has 1 rings (SSSR count). The monoisotopic (exact) mass is 150 g/mol. The number of rotatable bonds is 2. The van der Waals surface area contributed by atoms with E-state index in [1.54, 1.807) is 6.26 Å². The van der Waals surface area contributed by atoms with Gasteiger partial charge in [0.05, 0.1) is 14.1 Å². The highest BCUT2D eigenvalue weighted by atomic mass is 32.2. The summed E-state index contributed by atoms with van der Waals surface area (Å²) in [6, 6.07) is 0. The van der Waals surface area contributed by atoms with Gasteiger partial charge in [0, 0.05) is 6.26 Å². The molecule has 0 N–H and O–H groups in total. The summed E-state index contributed by atoms with van der Waals surface area (Å²) in [6.45, 7) is 0.986. The number of quaternary nitrogens is 1. The number of hydrogen-bond donors (Lipinski definition) is 0. The minimum atomic E-state index is -1.10. The number of likely N-dealkylation sites (N-methyl/N-ethyl adjacent to an activating group) is 1. The Labute approximate surface area is 57.9 Å². The van der Waals surface area contributed by atoms with Crippen LogP contribution in [-0.4, -0.2) is 41.8 Å². The average Bonchev–Trinajstić information content (AvgIpc) is 2.10. The van der Waals surface area contributed by atoms with E-state index in [2.05, 4.69) is 14.1 Å². The van der Waals surface area contributed by atoms with Crippen molar-refractivity contribution >= 4 is 11.1 Å². The molecule has 2 atom stereocenters. The molecular formula is C5H12NO2S+. The first-order valence-corrected chi connectivity index (χ1v) is 4.34. The SMILES string of the molecule is CS(=O)OC1C[N+]1(C)C. The summed E-state index contributed by atoms with van der Waals surface area (Å²) in [5, 5.41) is 0. The quantitative estimate of drug-likeness (QED) is 0.399. The van der Waals surface area contributed by atoms with Crippen LogP contribution in [0.4, 0.5) is 0 Å². The van der Waals surface area contributed by atoms with Crippen molar-refractivity contribution in [3.05, 3.63) is 0 Å². The molecule has 0 bridgehead atoms. The van der Waals surface area contributed by atoms with Gasteiger partial charge in [0.1, 0.15) is 0 Å². The molecule has 1 saturated heterocycles. The fourth-order valence-corrected chi connectivity index (χ4v) is 1.27. The van der Waals surface area contributed by atoms with Gasteiger partial charge in [-0.2, -0.15) is 0 Å². The molecule has 1 aliphatic heterocycles. The number of hydrogen-bond acceptors (Lipinski definition) is 2. The van der Waals surface area contributed by atoms with Crippen LogP contribution in [0, 0.1) is 0 Å². The second kappa shape index (κ2) is 2.04. The Morgan fingerprint density at radius 2 is 2.11 bits per heavy atom. The predicted molar refractivity (Wildman–Crippen MR) is 35.9 cm³/mol. The van der Waals surface area contributed by atoms with Gasteiger partial charge in [-0.1, -0.05) is 0 Å². The van der Waals surface area contributed by atoms with Crippen LogP contribution in [0.1, 0.15) is 0 Å². The van der Waals surface area contributed by atoms with E-state index in [0.29, 0.717) is 0 Å². The summed E-state index contributed by atoms with van der Waals surface area (Å²) in [6.07, 6.45) is 1.73. The van der Waals surface area contributed by atoms with Crippen molar-refractivity contribution in [1.82, 2.24) is 0 Å². The lowest BCUT2D eigenvalue weighted by Crippen LogP contribution is -2.18. The average molecular weight is 150 g/mol.